The molecule has 0 spiro atoms. The van der Waals surface area contributed by atoms with Crippen molar-refractivity contribution >= 4 is 44.6 Å². The number of fused-ring (bicyclic) bond motifs is 2. The van der Waals surface area contributed by atoms with Gasteiger partial charge in [-0.05, 0) is 45.0 Å². The number of urea groups is 1. The van der Waals surface area contributed by atoms with E-state index in [1.54, 1.807) is 18.4 Å². The Morgan fingerprint density at radius 1 is 1.02 bits per heavy atom. The highest BCUT2D eigenvalue weighted by atomic mass is 32.2. The zero-order valence-electron chi connectivity index (χ0n) is 23.7. The van der Waals surface area contributed by atoms with E-state index in [4.69, 9.17) is 18.9 Å². The molecule has 3 fully saturated rings. The summed E-state index contributed by atoms with van der Waals surface area (Å²) in [5.41, 5.74) is 0.998. The largest absolute Gasteiger partial charge is 0.379 e. The Morgan fingerprint density at radius 3 is 2.47 bits per heavy atom. The Hall–Kier alpha value is -3.74. The second-order valence-corrected chi connectivity index (χ2v) is 12.5. The van der Waals surface area contributed by atoms with Crippen LogP contribution in [0.5, 0.6) is 0 Å². The Bertz CT molecular complexity index is 1620. The van der Waals surface area contributed by atoms with Gasteiger partial charge in [-0.1, -0.05) is 0 Å². The fourth-order valence-electron chi connectivity index (χ4n) is 5.33. The molecule has 3 aliphatic heterocycles. The van der Waals surface area contributed by atoms with Gasteiger partial charge in [-0.15, -0.1) is 0 Å². The summed E-state index contributed by atoms with van der Waals surface area (Å²) in [6.45, 7) is 7.05. The summed E-state index contributed by atoms with van der Waals surface area (Å²) in [6.07, 6.45) is -0.213. The zero-order valence-corrected chi connectivity index (χ0v) is 24.5. The predicted molar refractivity (Wildman–Crippen MR) is 150 cm³/mol. The Kier molecular flexibility index (Phi) is 7.78. The van der Waals surface area contributed by atoms with Crippen molar-refractivity contribution in [2.24, 2.45) is 0 Å². The van der Waals surface area contributed by atoms with Crippen LogP contribution < -0.4 is 16.0 Å². The minimum absolute atomic E-state index is 0.120. The standard InChI is InChI=1S/C26H32N8O8S/c1-4-27-23(35)19-18-20(42-26(2,3)41-18)24(40-19)34-14-30-17-21(28-13-29-22(17)34)32-25(36)31-15-5-7-16(8-6-15)43(37,38)33-9-11-39-12-10-33/h5-8,13-14,18-20,24H,4,9-12H2,1-3H3,(H,27,35)(H2,28,29,31,32,36)/t18-,19+,20-,24-/m1/s1. The molecule has 3 saturated heterocycles. The molecule has 0 aliphatic carbocycles. The van der Waals surface area contributed by atoms with Gasteiger partial charge in [0.2, 0.25) is 10.0 Å². The summed E-state index contributed by atoms with van der Waals surface area (Å²) < 4.78 is 52.2. The van der Waals surface area contributed by atoms with Crippen molar-refractivity contribution in [3.63, 3.8) is 0 Å². The van der Waals surface area contributed by atoms with E-state index in [0.717, 1.165) is 0 Å². The van der Waals surface area contributed by atoms with E-state index >= 15 is 0 Å². The van der Waals surface area contributed by atoms with Crippen LogP contribution in [0.2, 0.25) is 0 Å². The van der Waals surface area contributed by atoms with Crippen LogP contribution in [0.3, 0.4) is 0 Å². The summed E-state index contributed by atoms with van der Waals surface area (Å²) in [7, 11) is -3.66. The fourth-order valence-corrected chi connectivity index (χ4v) is 6.74. The van der Waals surface area contributed by atoms with Gasteiger partial charge >= 0.3 is 6.03 Å². The number of ether oxygens (including phenoxy) is 4. The van der Waals surface area contributed by atoms with Gasteiger partial charge in [0.25, 0.3) is 5.91 Å². The maximum Gasteiger partial charge on any atom is 0.324 e. The van der Waals surface area contributed by atoms with Crippen molar-refractivity contribution in [2.45, 2.75) is 56.0 Å². The number of sulfonamides is 1. The molecule has 0 radical (unpaired) electrons. The maximum atomic E-state index is 12.9. The molecule has 3 aromatic rings. The molecule has 16 nitrogen and oxygen atoms in total. The smallest absolute Gasteiger partial charge is 0.324 e. The van der Waals surface area contributed by atoms with Gasteiger partial charge in [-0.3, -0.25) is 14.7 Å². The molecule has 5 heterocycles. The molecule has 3 amide bonds. The molecule has 2 aromatic heterocycles. The van der Waals surface area contributed by atoms with Crippen LogP contribution in [0.15, 0.2) is 41.8 Å². The Labute approximate surface area is 247 Å². The molecule has 6 rings (SSSR count). The molecule has 3 aliphatic rings. The lowest BCUT2D eigenvalue weighted by atomic mass is 10.1. The number of morpholine rings is 1. The number of anilines is 2. The number of aromatic nitrogens is 4. The molecule has 3 N–H and O–H groups in total. The van der Waals surface area contributed by atoms with Crippen molar-refractivity contribution in [1.82, 2.24) is 29.1 Å². The van der Waals surface area contributed by atoms with Gasteiger partial charge in [-0.2, -0.15) is 4.31 Å². The third-order valence-electron chi connectivity index (χ3n) is 7.22. The number of rotatable bonds is 7. The van der Waals surface area contributed by atoms with E-state index < -0.39 is 46.4 Å². The van der Waals surface area contributed by atoms with Crippen LogP contribution in [-0.4, -0.2) is 101 Å². The number of benzene rings is 1. The van der Waals surface area contributed by atoms with E-state index in [1.807, 2.05) is 6.92 Å². The van der Waals surface area contributed by atoms with Crippen LogP contribution in [0.1, 0.15) is 27.0 Å². The van der Waals surface area contributed by atoms with E-state index in [2.05, 4.69) is 30.9 Å². The summed E-state index contributed by atoms with van der Waals surface area (Å²) in [4.78, 5) is 38.6. The molecule has 0 bridgehead atoms. The summed E-state index contributed by atoms with van der Waals surface area (Å²) in [6, 6.07) is 5.25. The van der Waals surface area contributed by atoms with Crippen LogP contribution in [0.25, 0.3) is 11.2 Å². The second kappa shape index (κ2) is 11.4. The van der Waals surface area contributed by atoms with Crippen LogP contribution >= 0.6 is 0 Å². The van der Waals surface area contributed by atoms with Crippen LogP contribution in [0.4, 0.5) is 16.3 Å². The molecule has 43 heavy (non-hydrogen) atoms. The zero-order chi connectivity index (χ0) is 30.4. The number of carbonyl (C=O) groups is 2. The molecule has 4 atom stereocenters. The minimum Gasteiger partial charge on any atom is -0.379 e. The number of nitrogens with one attached hydrogen (secondary N) is 3. The van der Waals surface area contributed by atoms with E-state index in [0.29, 0.717) is 31.1 Å². The highest BCUT2D eigenvalue weighted by Crippen LogP contribution is 2.44. The molecular weight excluding hydrogens is 584 g/mol. The van der Waals surface area contributed by atoms with Crippen molar-refractivity contribution in [3.8, 4) is 0 Å². The van der Waals surface area contributed by atoms with Crippen molar-refractivity contribution in [3.05, 3.63) is 36.9 Å². The van der Waals surface area contributed by atoms with Gasteiger partial charge in [0.1, 0.15) is 18.5 Å². The highest BCUT2D eigenvalue weighted by molar-refractivity contribution is 7.89. The lowest BCUT2D eigenvalue weighted by Crippen LogP contribution is -2.42. The fraction of sp³-hybridized carbons (Fsp3) is 0.500. The van der Waals surface area contributed by atoms with Crippen molar-refractivity contribution < 1.29 is 37.0 Å². The molecular formula is C26H32N8O8S. The monoisotopic (exact) mass is 616 g/mol. The van der Waals surface area contributed by atoms with Crippen LogP contribution in [0, 0.1) is 0 Å². The van der Waals surface area contributed by atoms with Gasteiger partial charge in [0.15, 0.2) is 35.1 Å². The van der Waals surface area contributed by atoms with E-state index in [-0.39, 0.29) is 35.2 Å². The van der Waals surface area contributed by atoms with Gasteiger partial charge in [0, 0.05) is 25.3 Å². The van der Waals surface area contributed by atoms with Gasteiger partial charge in [0.05, 0.1) is 24.4 Å². The molecule has 230 valence electrons. The number of likely N-dealkylation sites (N-methyl/N-ethyl adjacent to an activating group) is 1. The number of nitrogens with zero attached hydrogens (tertiary/aromatic N) is 5. The third kappa shape index (κ3) is 5.66. The minimum atomic E-state index is -3.66. The number of hydrogen-bond donors (Lipinski definition) is 3. The summed E-state index contributed by atoms with van der Waals surface area (Å²) in [5, 5.41) is 8.09. The Balaban J connectivity index is 1.17. The number of amides is 3. The number of carbonyl (C=O) groups excluding carboxylic acids is 2. The number of hydrogen-bond acceptors (Lipinski definition) is 11. The number of imidazole rings is 1. The van der Waals surface area contributed by atoms with E-state index in [9.17, 15) is 18.0 Å². The third-order valence-corrected chi connectivity index (χ3v) is 9.14. The van der Waals surface area contributed by atoms with Gasteiger partial charge < -0.3 is 29.6 Å². The SMILES string of the molecule is CCNC(=O)[C@H]1O[C@@H](n2cnc3c(NC(=O)Nc4ccc(S(=O)(=O)N5CCOCC5)cc4)ncnc32)[C@@H]2OC(C)(C)O[C@@H]21. The van der Waals surface area contributed by atoms with Gasteiger partial charge in [-0.25, -0.2) is 28.2 Å². The maximum absolute atomic E-state index is 12.9. The summed E-state index contributed by atoms with van der Waals surface area (Å²) >= 11 is 0. The topological polar surface area (TPSA) is 188 Å². The molecule has 0 saturated carbocycles. The average molecular weight is 617 g/mol. The first kappa shape index (κ1) is 29.3. The Morgan fingerprint density at radius 2 is 1.74 bits per heavy atom. The lowest BCUT2D eigenvalue weighted by molar-refractivity contribution is -0.197. The molecule has 0 unspecified atom stereocenters. The first-order valence-electron chi connectivity index (χ1n) is 13.8. The second-order valence-electron chi connectivity index (χ2n) is 10.6. The predicted octanol–water partition coefficient (Wildman–Crippen LogP) is 1.04. The highest BCUT2D eigenvalue weighted by Gasteiger charge is 2.58. The molecule has 1 aromatic carbocycles. The van der Waals surface area contributed by atoms with Crippen molar-refractivity contribution in [2.75, 3.05) is 43.5 Å². The lowest BCUT2D eigenvalue weighted by Gasteiger charge is -2.26. The summed E-state index contributed by atoms with van der Waals surface area (Å²) in [5.74, 6) is -1.11. The normalized spacial score (nSPS) is 25.4. The van der Waals surface area contributed by atoms with Crippen LogP contribution in [-0.2, 0) is 33.8 Å². The van der Waals surface area contributed by atoms with E-state index in [1.165, 1.54) is 41.2 Å². The van der Waals surface area contributed by atoms with Crippen molar-refractivity contribution in [1.29, 1.82) is 0 Å². The average Bonchev–Trinajstić information content (AvgIpc) is 3.65. The quantitative estimate of drug-likeness (QED) is 0.344. The first-order valence-corrected chi connectivity index (χ1v) is 15.2. The first-order chi connectivity index (χ1) is 20.6. The molecule has 17 heteroatoms.